The second-order valence-electron chi connectivity index (χ2n) is 31.1. The molecule has 0 aliphatic heterocycles. The fourth-order valence-electron chi connectivity index (χ4n) is 12.7. The van der Waals surface area contributed by atoms with Crippen LogP contribution in [0.4, 0.5) is 0 Å². The highest BCUT2D eigenvalue weighted by molar-refractivity contribution is 7.46. The predicted molar refractivity (Wildman–Crippen MR) is 463 cm³/mol. The smallest absolute Gasteiger partial charge is 0.481 e. The summed E-state index contributed by atoms with van der Waals surface area (Å²) in [7, 11) is -5.14. The second-order valence-corrected chi connectivity index (χ2v) is 32.3. The average molecular weight is 1880 g/mol. The van der Waals surface area contributed by atoms with Crippen LogP contribution in [0.2, 0.25) is 0 Å². The first-order chi connectivity index (χ1) is 61.8. The van der Waals surface area contributed by atoms with Crippen molar-refractivity contribution in [2.24, 2.45) is 34.6 Å². The molecular weight excluding hydrogens is 1750 g/mol. The second kappa shape index (κ2) is 61.2. The summed E-state index contributed by atoms with van der Waals surface area (Å²) < 4.78 is 16.3. The number of rotatable bonds is 68. The fourth-order valence-corrected chi connectivity index (χ4v) is 13.1. The molecule has 0 heterocycles. The molecule has 2 aromatic carbocycles. The molecule has 32 N–H and O–H groups in total. The first-order valence-corrected chi connectivity index (χ1v) is 44.3. The Kier molecular flexibility index (Phi) is 53.6. The minimum Gasteiger partial charge on any atom is -0.481 e. The molecule has 14 amide bonds. The molecule has 0 saturated carbocycles. The Morgan fingerprint density at radius 3 is 0.969 bits per heavy atom. The van der Waals surface area contributed by atoms with Crippen LogP contribution in [-0.4, -0.2) is 276 Å². The van der Waals surface area contributed by atoms with Gasteiger partial charge in [-0.2, -0.15) is 0 Å². The van der Waals surface area contributed by atoms with E-state index >= 15 is 0 Å². The molecule has 0 saturated heterocycles. The maximum atomic E-state index is 14.7. The summed E-state index contributed by atoms with van der Waals surface area (Å²) in [6.07, 6.45) is -5.69. The van der Waals surface area contributed by atoms with Crippen LogP contribution in [0.15, 0.2) is 54.6 Å². The Balaban J connectivity index is 2.63. The number of hydrogen-bond acceptors (Lipinski definition) is 27. The lowest BCUT2D eigenvalue weighted by atomic mass is 9.96. The van der Waals surface area contributed by atoms with Crippen LogP contribution in [0.3, 0.4) is 0 Å². The van der Waals surface area contributed by atoms with Crippen molar-refractivity contribution in [3.8, 4) is 5.75 Å². The topological polar surface area (TPSA) is 828 Å². The Hall–Kier alpha value is -12.4. The number of phosphoric ester groups is 1. The molecule has 131 heavy (non-hydrogen) atoms. The molecule has 0 aromatic heterocycles. The van der Waals surface area contributed by atoms with Gasteiger partial charge in [-0.3, -0.25) is 101 Å². The van der Waals surface area contributed by atoms with Crippen LogP contribution in [0.5, 0.6) is 5.75 Å². The van der Waals surface area contributed by atoms with E-state index in [1.807, 2.05) is 0 Å². The van der Waals surface area contributed by atoms with Gasteiger partial charge in [-0.05, 0) is 178 Å². The molecule has 15 atom stereocenters. The molecule has 0 fully saturated rings. The van der Waals surface area contributed by atoms with Crippen molar-refractivity contribution < 1.29 is 145 Å². The van der Waals surface area contributed by atoms with Crippen LogP contribution >= 0.6 is 7.82 Å². The van der Waals surface area contributed by atoms with Gasteiger partial charge in [0.05, 0.1) is 12.6 Å². The highest BCUT2D eigenvalue weighted by Crippen LogP contribution is 2.37. The van der Waals surface area contributed by atoms with Crippen LogP contribution in [0.25, 0.3) is 0 Å². The Labute approximate surface area is 754 Å². The lowest BCUT2D eigenvalue weighted by Gasteiger charge is -2.29. The van der Waals surface area contributed by atoms with E-state index in [0.717, 1.165) is 12.1 Å². The number of amides is 14. The Bertz CT molecular complexity index is 4210. The molecule has 2 rings (SSSR count). The van der Waals surface area contributed by atoms with E-state index in [1.54, 1.807) is 25.1 Å². The number of nitrogens with two attached hydrogens (primary N) is 5. The van der Waals surface area contributed by atoms with Gasteiger partial charge >= 0.3 is 43.6 Å². The summed E-state index contributed by atoms with van der Waals surface area (Å²) in [5.41, 5.74) is 28.9. The predicted octanol–water partition coefficient (Wildman–Crippen LogP) is -5.30. The number of hydrogen-bond donors (Lipinski definition) is 27. The van der Waals surface area contributed by atoms with E-state index in [2.05, 4.69) is 79.0 Å². The number of carboxylic acid groups (broad SMARTS) is 6. The van der Waals surface area contributed by atoms with Crippen molar-refractivity contribution in [1.82, 2.24) is 74.4 Å². The number of carbonyl (C=O) groups excluding carboxylic acids is 14. The van der Waals surface area contributed by atoms with Crippen LogP contribution in [-0.2, 0) is 113 Å². The molecule has 0 radical (unpaired) electrons. The lowest BCUT2D eigenvalue weighted by Crippen LogP contribution is -2.61. The zero-order chi connectivity index (χ0) is 98.6. The largest absolute Gasteiger partial charge is 0.524 e. The number of benzene rings is 2. The van der Waals surface area contributed by atoms with Crippen molar-refractivity contribution in [3.63, 3.8) is 0 Å². The highest BCUT2D eigenvalue weighted by atomic mass is 31.2. The number of phosphoric acid groups is 1. The summed E-state index contributed by atoms with van der Waals surface area (Å²) in [5, 5.41) is 91.8. The Morgan fingerprint density at radius 2 is 0.626 bits per heavy atom. The molecule has 0 aliphatic carbocycles. The van der Waals surface area contributed by atoms with Crippen molar-refractivity contribution in [2.45, 2.75) is 273 Å². The monoisotopic (exact) mass is 1880 g/mol. The third kappa shape index (κ3) is 47.1. The Morgan fingerprint density at radius 1 is 0.336 bits per heavy atom. The number of aliphatic carboxylic acids is 6. The zero-order valence-corrected chi connectivity index (χ0v) is 74.4. The lowest BCUT2D eigenvalue weighted by molar-refractivity contribution is -0.142. The standard InChI is InChI=1S/C81H128N19O30P/c1-5-44(2)67(100-78(122)57(31-36-66(110)111)95-77(121)56(30-35-65(108)109)94-76(120)55(29-34-64(106)107)90-68(112)45(3)86)80(124)99-59(42-48-23-25-49(26-24-48)130-131(127,128)129)70(114)87-43-61(101)89-53(27-32-62(102)103)75(119)98-60(41-47-17-7-6-8-18-47)79(123)96-54(28-33-63(104)105)71(115)88-46(4)69(113)91-50(19-9-13-37-82)72(116)92-51(20-10-14-38-83)73(117)93-52(21-11-15-39-84)74(118)97-58(81(125)126)22-12-16-40-85/h6-8,17-18,23-26,44-46,50-60,67H,5,9-16,19-22,27-43,82-86H2,1-4H3,(H,87,114)(H,88,115)(H,89,101)(H,90,112)(H,91,113)(H,92,116)(H,93,117)(H,94,120)(H,95,121)(H,96,123)(H,97,118)(H,98,119)(H,99,124)(H,100,122)(H,102,103)(H,104,105)(H,106,107)(H,108,109)(H,110,111)(H,125,126)(H2,127,128,129)/t44-,45-,46-,50-,51-,52-,53-,54-,55-,56-,57-,58-,59-,60-,67-/m0/s1. The van der Waals surface area contributed by atoms with Crippen molar-refractivity contribution >= 4 is 126 Å². The van der Waals surface area contributed by atoms with E-state index in [4.69, 9.17) is 28.7 Å². The molecule has 0 aliphatic rings. The first-order valence-electron chi connectivity index (χ1n) is 42.7. The molecule has 0 unspecified atom stereocenters. The van der Waals surface area contributed by atoms with E-state index in [1.165, 1.54) is 45.0 Å². The molecule has 49 nitrogen and oxygen atoms in total. The quantitative estimate of drug-likeness (QED) is 0.0217. The molecular formula is C81H128N19O30P. The van der Waals surface area contributed by atoms with Gasteiger partial charge in [0, 0.05) is 44.9 Å². The number of carbonyl (C=O) groups is 20. The average Bonchev–Trinajstić information content (AvgIpc) is 0.833. The van der Waals surface area contributed by atoms with Gasteiger partial charge in [0.25, 0.3) is 0 Å². The number of unbranched alkanes of at least 4 members (excludes halogenated alkanes) is 4. The third-order valence-electron chi connectivity index (χ3n) is 20.2. The van der Waals surface area contributed by atoms with Gasteiger partial charge in [-0.1, -0.05) is 62.7 Å². The summed E-state index contributed by atoms with van der Waals surface area (Å²) in [4.78, 5) is 289. The van der Waals surface area contributed by atoms with E-state index in [9.17, 15) is 141 Å². The molecule has 50 heteroatoms. The minimum atomic E-state index is -5.14. The number of carboxylic acids is 6. The summed E-state index contributed by atoms with van der Waals surface area (Å²) in [6, 6.07) is -10.6. The molecule has 0 spiro atoms. The fraction of sp³-hybridized carbons (Fsp3) is 0.605. The highest BCUT2D eigenvalue weighted by Gasteiger charge is 2.39. The van der Waals surface area contributed by atoms with Crippen LogP contribution in [0.1, 0.15) is 187 Å². The van der Waals surface area contributed by atoms with E-state index in [0.29, 0.717) is 44.1 Å². The normalized spacial score (nSPS) is 14.6. The van der Waals surface area contributed by atoms with Gasteiger partial charge in [0.15, 0.2) is 0 Å². The van der Waals surface area contributed by atoms with Crippen molar-refractivity contribution in [2.75, 3.05) is 32.7 Å². The third-order valence-corrected chi connectivity index (χ3v) is 20.7. The summed E-state index contributed by atoms with van der Waals surface area (Å²) in [5.74, 6) is -25.6. The van der Waals surface area contributed by atoms with Gasteiger partial charge in [-0.25, -0.2) is 9.36 Å². The van der Waals surface area contributed by atoms with Crippen molar-refractivity contribution in [3.05, 3.63) is 65.7 Å². The van der Waals surface area contributed by atoms with E-state index < -0.39 is 300 Å². The number of nitrogens with one attached hydrogen (secondary N) is 14. The SMILES string of the molecule is CC[C@H](C)[C@H](NC(=O)[C@H](CCC(=O)O)NC(=O)[C@H](CCC(=O)O)NC(=O)[C@H](CCC(=O)O)NC(=O)[C@H](C)N)C(=O)N[C@@H](Cc1ccc(OP(=O)(O)O)cc1)C(=O)NCC(=O)N[C@@H](CCC(=O)O)C(=O)N[C@@H](Cc1ccccc1)C(=O)N[C@@H](CCC(=O)O)C(=O)N[C@@H](C)C(=O)N[C@@H](CCCCN)C(=O)N[C@@H](CCCCN)C(=O)N[C@@H](CCCCN)C(=O)N[C@@H](CCCCN)C(=O)O. The van der Waals surface area contributed by atoms with Gasteiger partial charge < -0.3 is 138 Å². The molecule has 0 bridgehead atoms. The van der Waals surface area contributed by atoms with Gasteiger partial charge in [-0.15, -0.1) is 0 Å². The van der Waals surface area contributed by atoms with Gasteiger partial charge in [0.1, 0.15) is 84.3 Å². The van der Waals surface area contributed by atoms with E-state index in [-0.39, 0.29) is 82.4 Å². The van der Waals surface area contributed by atoms with Crippen LogP contribution in [0, 0.1) is 5.92 Å². The molecule has 2 aromatic rings. The summed E-state index contributed by atoms with van der Waals surface area (Å²) in [6.45, 7) is 5.12. The summed E-state index contributed by atoms with van der Waals surface area (Å²) >= 11 is 0. The first kappa shape index (κ1) is 115. The minimum absolute atomic E-state index is 0.0175. The maximum Gasteiger partial charge on any atom is 0.524 e. The van der Waals surface area contributed by atoms with Crippen molar-refractivity contribution in [1.29, 1.82) is 0 Å². The molecule has 732 valence electrons. The van der Waals surface area contributed by atoms with Crippen LogP contribution < -0.4 is 108 Å². The maximum absolute atomic E-state index is 14.7. The zero-order valence-electron chi connectivity index (χ0n) is 73.5. The van der Waals surface area contributed by atoms with Gasteiger partial charge in [0.2, 0.25) is 82.7 Å².